The van der Waals surface area contributed by atoms with Gasteiger partial charge in [0.1, 0.15) is 11.9 Å². The maximum absolute atomic E-state index is 12.7. The van der Waals surface area contributed by atoms with Gasteiger partial charge in [-0.3, -0.25) is 9.36 Å². The number of carbonyl (C=O) groups is 1. The fourth-order valence-corrected chi connectivity index (χ4v) is 4.35. The van der Waals surface area contributed by atoms with Crippen molar-refractivity contribution in [3.63, 3.8) is 0 Å². The van der Waals surface area contributed by atoms with Crippen LogP contribution in [0.5, 0.6) is 0 Å². The minimum atomic E-state index is -0.717. The van der Waals surface area contributed by atoms with Crippen LogP contribution in [0.2, 0.25) is 0 Å². The maximum atomic E-state index is 12.7. The average Bonchev–Trinajstić information content (AvgIpc) is 3.10. The third-order valence-corrected chi connectivity index (χ3v) is 6.12. The van der Waals surface area contributed by atoms with E-state index < -0.39 is 5.54 Å². The van der Waals surface area contributed by atoms with E-state index in [4.69, 9.17) is 0 Å². The van der Waals surface area contributed by atoms with E-state index in [0.29, 0.717) is 5.16 Å². The molecule has 1 aliphatic carbocycles. The molecule has 142 valence electrons. The molecule has 3 rings (SSSR count). The largest absolute Gasteiger partial charge is 0.337 e. The number of benzene rings is 1. The van der Waals surface area contributed by atoms with Gasteiger partial charge in [0.15, 0.2) is 5.16 Å². The molecule has 0 spiro atoms. The van der Waals surface area contributed by atoms with Gasteiger partial charge in [-0.05, 0) is 45.2 Å². The number of thioether (sulfide) groups is 1. The van der Waals surface area contributed by atoms with E-state index in [0.717, 1.165) is 43.4 Å². The molecule has 0 saturated heterocycles. The van der Waals surface area contributed by atoms with Crippen molar-refractivity contribution < 1.29 is 4.79 Å². The monoisotopic (exact) mass is 383 g/mol. The summed E-state index contributed by atoms with van der Waals surface area (Å²) in [5.74, 6) is -0.126. The standard InChI is InChI=1S/C20H25N5OS/c1-14-7-8-17(15(2)11-14)25-13-22-24-19(25)27-16(3)18(26)23-20(12-21)9-5-4-6-10-20/h7-8,11,13,16H,4-6,9-10H2,1-3H3,(H,23,26). The predicted molar refractivity (Wildman–Crippen MR) is 106 cm³/mol. The van der Waals surface area contributed by atoms with Crippen LogP contribution in [0, 0.1) is 25.2 Å². The van der Waals surface area contributed by atoms with Crippen molar-refractivity contribution in [3.05, 3.63) is 35.7 Å². The second-order valence-corrected chi connectivity index (χ2v) is 8.59. The number of aromatic nitrogens is 3. The Labute approximate surface area is 164 Å². The minimum absolute atomic E-state index is 0.126. The van der Waals surface area contributed by atoms with Crippen LogP contribution in [0.4, 0.5) is 0 Å². The van der Waals surface area contributed by atoms with Crippen LogP contribution in [0.1, 0.15) is 50.2 Å². The van der Waals surface area contributed by atoms with Crippen LogP contribution in [0.25, 0.3) is 5.69 Å². The molecule has 7 heteroatoms. The molecule has 0 radical (unpaired) electrons. The first-order valence-electron chi connectivity index (χ1n) is 9.32. The zero-order chi connectivity index (χ0) is 19.4. The highest BCUT2D eigenvalue weighted by atomic mass is 32.2. The van der Waals surface area contributed by atoms with Gasteiger partial charge in [-0.1, -0.05) is 48.7 Å². The van der Waals surface area contributed by atoms with Crippen molar-refractivity contribution in [2.75, 3.05) is 0 Å². The first-order valence-corrected chi connectivity index (χ1v) is 10.2. The quantitative estimate of drug-likeness (QED) is 0.796. The third kappa shape index (κ3) is 4.33. The van der Waals surface area contributed by atoms with Crippen molar-refractivity contribution in [2.45, 2.75) is 68.8 Å². The van der Waals surface area contributed by atoms with Gasteiger partial charge in [0.25, 0.3) is 0 Å². The van der Waals surface area contributed by atoms with Crippen LogP contribution in [0.15, 0.2) is 29.7 Å². The number of hydrogen-bond donors (Lipinski definition) is 1. The fraction of sp³-hybridized carbons (Fsp3) is 0.500. The van der Waals surface area contributed by atoms with Crippen molar-refractivity contribution in [2.24, 2.45) is 0 Å². The van der Waals surface area contributed by atoms with Gasteiger partial charge in [0.05, 0.1) is 17.0 Å². The van der Waals surface area contributed by atoms with Crippen LogP contribution in [-0.4, -0.2) is 31.5 Å². The fourth-order valence-electron chi connectivity index (χ4n) is 3.51. The number of nitriles is 1. The van der Waals surface area contributed by atoms with Gasteiger partial charge in [-0.25, -0.2) is 0 Å². The number of hydrogen-bond acceptors (Lipinski definition) is 5. The molecule has 1 heterocycles. The molecule has 0 aliphatic heterocycles. The van der Waals surface area contributed by atoms with Gasteiger partial charge in [0.2, 0.25) is 5.91 Å². The van der Waals surface area contributed by atoms with E-state index in [9.17, 15) is 10.1 Å². The molecule has 1 aliphatic rings. The summed E-state index contributed by atoms with van der Waals surface area (Å²) >= 11 is 1.36. The summed E-state index contributed by atoms with van der Waals surface area (Å²) in [6, 6.07) is 8.53. The van der Waals surface area contributed by atoms with Crippen LogP contribution < -0.4 is 5.32 Å². The van der Waals surface area contributed by atoms with Crippen molar-refractivity contribution in [1.29, 1.82) is 5.26 Å². The Bertz CT molecular complexity index is 863. The van der Waals surface area contributed by atoms with Gasteiger partial charge in [-0.2, -0.15) is 5.26 Å². The Morgan fingerprint density at radius 3 is 2.74 bits per heavy atom. The van der Waals surface area contributed by atoms with E-state index >= 15 is 0 Å². The number of carbonyl (C=O) groups excluding carboxylic acids is 1. The number of nitrogens with one attached hydrogen (secondary N) is 1. The van der Waals surface area contributed by atoms with Gasteiger partial charge >= 0.3 is 0 Å². The molecule has 1 fully saturated rings. The zero-order valence-corrected chi connectivity index (χ0v) is 16.8. The smallest absolute Gasteiger partial charge is 0.234 e. The van der Waals surface area contributed by atoms with Crippen LogP contribution in [-0.2, 0) is 4.79 Å². The molecule has 1 aromatic carbocycles. The molecule has 1 saturated carbocycles. The summed E-state index contributed by atoms with van der Waals surface area (Å²) in [7, 11) is 0. The molecule has 0 bridgehead atoms. The summed E-state index contributed by atoms with van der Waals surface area (Å²) in [5, 5.41) is 21.1. The average molecular weight is 384 g/mol. The molecule has 1 amide bonds. The summed E-state index contributed by atoms with van der Waals surface area (Å²) in [4.78, 5) is 12.7. The number of rotatable bonds is 5. The lowest BCUT2D eigenvalue weighted by atomic mass is 9.83. The zero-order valence-electron chi connectivity index (χ0n) is 16.0. The summed E-state index contributed by atoms with van der Waals surface area (Å²) in [6.07, 6.45) is 6.22. The minimum Gasteiger partial charge on any atom is -0.337 e. The van der Waals surface area contributed by atoms with Gasteiger partial charge in [-0.15, -0.1) is 10.2 Å². The van der Waals surface area contributed by atoms with Gasteiger partial charge < -0.3 is 5.32 Å². The highest BCUT2D eigenvalue weighted by molar-refractivity contribution is 8.00. The highest BCUT2D eigenvalue weighted by Gasteiger charge is 2.35. The molecular weight excluding hydrogens is 358 g/mol. The van der Waals surface area contributed by atoms with Crippen LogP contribution in [0.3, 0.4) is 0 Å². The summed E-state index contributed by atoms with van der Waals surface area (Å²) in [6.45, 7) is 5.95. The number of nitrogens with zero attached hydrogens (tertiary/aromatic N) is 4. The Morgan fingerprint density at radius 2 is 2.07 bits per heavy atom. The maximum Gasteiger partial charge on any atom is 0.234 e. The lowest BCUT2D eigenvalue weighted by Gasteiger charge is -2.32. The molecule has 2 aromatic rings. The van der Waals surface area contributed by atoms with E-state index in [1.54, 1.807) is 6.33 Å². The Hall–Kier alpha value is -2.33. The topological polar surface area (TPSA) is 83.6 Å². The molecule has 1 atom stereocenters. The van der Waals surface area contributed by atoms with E-state index in [1.165, 1.54) is 17.3 Å². The lowest BCUT2D eigenvalue weighted by molar-refractivity contribution is -0.121. The SMILES string of the molecule is Cc1ccc(-n2cnnc2SC(C)C(=O)NC2(C#N)CCCCC2)c(C)c1. The first-order chi connectivity index (χ1) is 12.9. The summed E-state index contributed by atoms with van der Waals surface area (Å²) < 4.78 is 1.91. The predicted octanol–water partition coefficient (Wildman–Crippen LogP) is 3.71. The van der Waals surface area contributed by atoms with E-state index in [2.05, 4.69) is 34.6 Å². The van der Waals surface area contributed by atoms with E-state index in [-0.39, 0.29) is 11.2 Å². The summed E-state index contributed by atoms with van der Waals surface area (Å²) in [5.41, 5.74) is 2.60. The van der Waals surface area contributed by atoms with Crippen molar-refractivity contribution >= 4 is 17.7 Å². The number of aryl methyl sites for hydroxylation is 2. The Kier molecular flexibility index (Phi) is 5.85. The van der Waals surface area contributed by atoms with Crippen molar-refractivity contribution in [3.8, 4) is 11.8 Å². The Morgan fingerprint density at radius 1 is 1.33 bits per heavy atom. The second kappa shape index (κ2) is 8.13. The molecular formula is C20H25N5OS. The number of amides is 1. The van der Waals surface area contributed by atoms with Crippen LogP contribution >= 0.6 is 11.8 Å². The molecule has 1 aromatic heterocycles. The molecule has 1 unspecified atom stereocenters. The first kappa shape index (κ1) is 19.4. The lowest BCUT2D eigenvalue weighted by Crippen LogP contribution is -2.50. The molecule has 1 N–H and O–H groups in total. The normalized spacial score (nSPS) is 17.1. The molecule has 27 heavy (non-hydrogen) atoms. The van der Waals surface area contributed by atoms with Crippen molar-refractivity contribution in [1.82, 2.24) is 20.1 Å². The third-order valence-electron chi connectivity index (χ3n) is 5.06. The molecule has 6 nitrogen and oxygen atoms in total. The van der Waals surface area contributed by atoms with Gasteiger partial charge in [0, 0.05) is 0 Å². The second-order valence-electron chi connectivity index (χ2n) is 7.28. The highest BCUT2D eigenvalue weighted by Crippen LogP contribution is 2.30. The van der Waals surface area contributed by atoms with E-state index in [1.807, 2.05) is 30.5 Å². The Balaban J connectivity index is 1.73.